The van der Waals surface area contributed by atoms with Gasteiger partial charge in [0.15, 0.2) is 0 Å². The number of alkyl carbamates (subject to hydrolysis) is 1. The zero-order valence-electron chi connectivity index (χ0n) is 28.1. The molecule has 262 valence electrons. The van der Waals surface area contributed by atoms with Crippen LogP contribution in [0.25, 0.3) is 21.6 Å². The summed E-state index contributed by atoms with van der Waals surface area (Å²) in [6.07, 6.45) is 8.09. The van der Waals surface area contributed by atoms with E-state index < -0.39 is 58.7 Å². The Bertz CT molecular complexity index is 1710. The fourth-order valence-corrected chi connectivity index (χ4v) is 7.12. The summed E-state index contributed by atoms with van der Waals surface area (Å²) in [5.74, 6) is -1.92. The van der Waals surface area contributed by atoms with Gasteiger partial charge in [-0.05, 0) is 81.3 Å². The van der Waals surface area contributed by atoms with Gasteiger partial charge in [-0.1, -0.05) is 30.1 Å². The van der Waals surface area contributed by atoms with Crippen LogP contribution >= 0.6 is 11.3 Å². The number of fused-ring (bicyclic) bond motifs is 2. The Balaban J connectivity index is 1.54. The van der Waals surface area contributed by atoms with Gasteiger partial charge in [0.25, 0.3) is 5.56 Å². The summed E-state index contributed by atoms with van der Waals surface area (Å²) < 4.78 is 12.0. The largest absolute Gasteiger partial charge is 0.464 e. The van der Waals surface area contributed by atoms with Crippen molar-refractivity contribution in [3.63, 3.8) is 0 Å². The number of ether oxygens (including phenoxy) is 2. The first-order valence-corrected chi connectivity index (χ1v) is 17.5. The van der Waals surface area contributed by atoms with Gasteiger partial charge in [-0.25, -0.2) is 14.3 Å². The van der Waals surface area contributed by atoms with Gasteiger partial charge >= 0.3 is 12.1 Å². The highest BCUT2D eigenvalue weighted by Crippen LogP contribution is 2.46. The van der Waals surface area contributed by atoms with E-state index in [9.17, 15) is 24.0 Å². The van der Waals surface area contributed by atoms with Crippen molar-refractivity contribution in [1.29, 1.82) is 0 Å². The number of thiophene rings is 1. The van der Waals surface area contributed by atoms with Crippen LogP contribution in [0.1, 0.15) is 78.7 Å². The number of amides is 3. The third-order valence-electron chi connectivity index (χ3n) is 8.88. The van der Waals surface area contributed by atoms with Crippen LogP contribution in [0.2, 0.25) is 0 Å². The number of aromatic nitrogens is 2. The summed E-state index contributed by atoms with van der Waals surface area (Å²) in [7, 11) is 0. The summed E-state index contributed by atoms with van der Waals surface area (Å²) >= 11 is 1.36. The number of allylic oxidation sites excluding steroid dienone is 1. The Morgan fingerprint density at radius 3 is 2.73 bits per heavy atom. The predicted octanol–water partition coefficient (Wildman–Crippen LogP) is 4.91. The van der Waals surface area contributed by atoms with Crippen molar-refractivity contribution in [3.05, 3.63) is 56.0 Å². The number of hydrogen-bond donors (Lipinski definition) is 2. The molecule has 2 aromatic heterocycles. The van der Waals surface area contributed by atoms with Crippen LogP contribution in [0, 0.1) is 5.92 Å². The molecule has 0 spiro atoms. The number of carbonyl (C=O) groups is 4. The highest BCUT2D eigenvalue weighted by Gasteiger charge is 2.62. The third-order valence-corrected chi connectivity index (χ3v) is 9.56. The maximum absolute atomic E-state index is 14.4. The topological polar surface area (TPSA) is 198 Å². The molecule has 5 rings (SSSR count). The zero-order valence-corrected chi connectivity index (χ0v) is 28.9. The van der Waals surface area contributed by atoms with Gasteiger partial charge in [0, 0.05) is 23.8 Å². The molecule has 49 heavy (non-hydrogen) atoms. The van der Waals surface area contributed by atoms with Gasteiger partial charge in [-0.2, -0.15) is 16.4 Å². The molecule has 2 N–H and O–H groups in total. The summed E-state index contributed by atoms with van der Waals surface area (Å²) in [5.41, 5.74) is 7.23. The second kappa shape index (κ2) is 14.8. The summed E-state index contributed by atoms with van der Waals surface area (Å²) in [6.45, 7) is 6.89. The van der Waals surface area contributed by atoms with Crippen molar-refractivity contribution in [1.82, 2.24) is 25.3 Å². The fourth-order valence-electron chi connectivity index (χ4n) is 6.47. The van der Waals surface area contributed by atoms with Crippen molar-refractivity contribution >= 4 is 40.9 Å². The van der Waals surface area contributed by atoms with Crippen LogP contribution < -0.4 is 16.2 Å². The Morgan fingerprint density at radius 2 is 2.04 bits per heavy atom. The number of esters is 1. The first-order valence-electron chi connectivity index (χ1n) is 16.5. The number of carbonyl (C=O) groups excluding carboxylic acids is 4. The molecule has 1 aliphatic carbocycles. The van der Waals surface area contributed by atoms with Gasteiger partial charge in [0.2, 0.25) is 11.8 Å². The van der Waals surface area contributed by atoms with E-state index in [1.165, 1.54) is 27.1 Å². The van der Waals surface area contributed by atoms with E-state index in [2.05, 4.69) is 25.8 Å². The van der Waals surface area contributed by atoms with Crippen molar-refractivity contribution in [2.45, 2.75) is 102 Å². The Labute approximate surface area is 287 Å². The third kappa shape index (κ3) is 7.97. The number of hydrogen-bond acceptors (Lipinski definition) is 10. The van der Waals surface area contributed by atoms with Crippen molar-refractivity contribution in [3.8, 4) is 11.1 Å². The Morgan fingerprint density at radius 1 is 1.24 bits per heavy atom. The second-order valence-corrected chi connectivity index (χ2v) is 14.3. The highest BCUT2D eigenvalue weighted by atomic mass is 32.1. The van der Waals surface area contributed by atoms with E-state index in [1.807, 2.05) is 12.2 Å². The molecule has 2 aliphatic heterocycles. The Hall–Kier alpha value is -4.69. The van der Waals surface area contributed by atoms with Gasteiger partial charge in [-0.3, -0.25) is 14.4 Å². The number of azide groups is 1. The molecule has 0 bridgehead atoms. The molecule has 1 saturated heterocycles. The first kappa shape index (κ1) is 35.6. The molecule has 2 aromatic rings. The fraction of sp³-hybridized carbons (Fsp3) is 0.576. The zero-order chi connectivity index (χ0) is 35.3. The van der Waals surface area contributed by atoms with Crippen LogP contribution in [-0.2, 0) is 23.9 Å². The van der Waals surface area contributed by atoms with Crippen LogP contribution in [-0.4, -0.2) is 74.9 Å². The monoisotopic (exact) mass is 694 g/mol. The van der Waals surface area contributed by atoms with E-state index in [0.717, 1.165) is 19.3 Å². The van der Waals surface area contributed by atoms with E-state index >= 15 is 0 Å². The Kier molecular flexibility index (Phi) is 10.8. The summed E-state index contributed by atoms with van der Waals surface area (Å²) in [4.78, 5) is 72.8. The SMILES string of the molecule is CCOC(=O)[C@@]12C[C@@H]1/C=C\CCCCC[C@H](NC(=O)OC(C)(C)C)C(=O)N1C[C@H](n3ncc(N=[N+]=[N-])c(-c4ccsc4)c3=O)C[C@H]1C(=O)N2. The first-order chi connectivity index (χ1) is 23.4. The molecule has 3 aliphatic rings. The van der Waals surface area contributed by atoms with Crippen molar-refractivity contribution in [2.24, 2.45) is 11.0 Å². The standard InChI is InChI=1S/C33H42N8O7S/c1-5-47-30(45)33-16-21(33)11-9-7-6-8-10-12-23(36-31(46)48-32(2,3)4)28(43)40-18-22(15-25(40)27(42)37-33)41-29(44)26(20-13-14-49-19-20)24(17-35-41)38-39-34/h9,11,13-14,17,19,21-23,25H,5-8,10,12,15-16,18H2,1-4H3,(H,36,46)(H,37,42)/b11-9-/t21-,22+,23-,25-,33+/m0/s1. The highest BCUT2D eigenvalue weighted by molar-refractivity contribution is 7.08. The van der Waals surface area contributed by atoms with Crippen LogP contribution in [0.3, 0.4) is 0 Å². The normalized spacial score (nSPS) is 26.5. The molecule has 15 nitrogen and oxygen atoms in total. The van der Waals surface area contributed by atoms with Gasteiger partial charge < -0.3 is 25.0 Å². The van der Waals surface area contributed by atoms with E-state index in [0.29, 0.717) is 24.8 Å². The molecule has 4 heterocycles. The number of rotatable bonds is 6. The van der Waals surface area contributed by atoms with Crippen LogP contribution in [0.4, 0.5) is 10.5 Å². The molecule has 16 heteroatoms. The van der Waals surface area contributed by atoms with Gasteiger partial charge in [-0.15, -0.1) is 0 Å². The minimum absolute atomic E-state index is 0.00695. The van der Waals surface area contributed by atoms with E-state index in [1.54, 1.807) is 44.5 Å². The quantitative estimate of drug-likeness (QED) is 0.140. The summed E-state index contributed by atoms with van der Waals surface area (Å²) in [6, 6.07) is -1.17. The van der Waals surface area contributed by atoms with E-state index in [-0.39, 0.29) is 36.7 Å². The van der Waals surface area contributed by atoms with Crippen LogP contribution in [0.5, 0.6) is 0 Å². The molecule has 1 saturated carbocycles. The number of nitrogens with zero attached hydrogens (tertiary/aromatic N) is 6. The molecule has 0 aromatic carbocycles. The van der Waals surface area contributed by atoms with Gasteiger partial charge in [0.1, 0.15) is 23.2 Å². The molecular weight excluding hydrogens is 652 g/mol. The average Bonchev–Trinajstić information content (AvgIpc) is 3.35. The molecule has 2 fully saturated rings. The van der Waals surface area contributed by atoms with Crippen molar-refractivity contribution < 1.29 is 28.7 Å². The maximum atomic E-state index is 14.4. The minimum atomic E-state index is -1.27. The number of nitrogens with one attached hydrogen (secondary N) is 2. The predicted molar refractivity (Wildman–Crippen MR) is 181 cm³/mol. The van der Waals surface area contributed by atoms with E-state index in [4.69, 9.17) is 15.0 Å². The summed E-state index contributed by atoms with van der Waals surface area (Å²) in [5, 5.41) is 17.1. The minimum Gasteiger partial charge on any atom is -0.464 e. The molecular formula is C33H42N8O7S. The molecule has 3 amide bonds. The second-order valence-electron chi connectivity index (χ2n) is 13.5. The maximum Gasteiger partial charge on any atom is 0.408 e. The van der Waals surface area contributed by atoms with Crippen LogP contribution in [0.15, 0.2) is 45.1 Å². The van der Waals surface area contributed by atoms with Crippen molar-refractivity contribution in [2.75, 3.05) is 13.2 Å². The molecule has 0 unspecified atom stereocenters. The van der Waals surface area contributed by atoms with Gasteiger partial charge in [0.05, 0.1) is 30.1 Å². The molecule has 0 radical (unpaired) electrons. The lowest BCUT2D eigenvalue weighted by molar-refractivity contribution is -0.150. The smallest absolute Gasteiger partial charge is 0.408 e. The lowest BCUT2D eigenvalue weighted by atomic mass is 10.0. The lowest BCUT2D eigenvalue weighted by Gasteiger charge is -2.30. The lowest BCUT2D eigenvalue weighted by Crippen LogP contribution is -2.56. The molecule has 5 atom stereocenters. The average molecular weight is 695 g/mol.